The molecule has 1 fully saturated rings. The van der Waals surface area contributed by atoms with Gasteiger partial charge >= 0.3 is 12.0 Å². The number of nitrogens with two attached hydrogens (primary N) is 1. The number of esters is 1. The summed E-state index contributed by atoms with van der Waals surface area (Å²) in [4.78, 5) is 40.1. The Morgan fingerprint density at radius 2 is 1.93 bits per heavy atom. The van der Waals surface area contributed by atoms with E-state index in [0.717, 1.165) is 20.6 Å². The monoisotopic (exact) mass is 446 g/mol. The van der Waals surface area contributed by atoms with Crippen LogP contribution in [-0.2, 0) is 14.3 Å². The molecule has 9 heteroatoms. The normalized spacial score (nSPS) is 15.2. The third-order valence-corrected chi connectivity index (χ3v) is 4.66. The van der Waals surface area contributed by atoms with E-state index in [1.54, 1.807) is 6.08 Å². The molecule has 1 aromatic heterocycles. The van der Waals surface area contributed by atoms with Gasteiger partial charge in [-0.1, -0.05) is 28.1 Å². The standard InChI is InChI=1S/C19H19BrN4O4/c20-13-5-3-12(4-6-13)15-8-7-14(22-15)10-16-18(26)24(19(27)23-16)9-1-2-17(25)28-11-21/h3-8,10,22H,1-2,9,11,21H2,(H,23,27). The van der Waals surface area contributed by atoms with Gasteiger partial charge < -0.3 is 15.0 Å². The van der Waals surface area contributed by atoms with Gasteiger partial charge in [-0.3, -0.25) is 20.2 Å². The lowest BCUT2D eigenvalue weighted by atomic mass is 10.2. The molecule has 0 saturated carbocycles. The number of nitrogens with one attached hydrogen (secondary N) is 2. The number of amides is 3. The van der Waals surface area contributed by atoms with E-state index < -0.39 is 17.9 Å². The van der Waals surface area contributed by atoms with Crippen LogP contribution in [0.1, 0.15) is 18.5 Å². The number of rotatable bonds is 7. The van der Waals surface area contributed by atoms with Crippen molar-refractivity contribution in [3.8, 4) is 11.3 Å². The smallest absolute Gasteiger partial charge is 0.329 e. The van der Waals surface area contributed by atoms with Gasteiger partial charge in [0.15, 0.2) is 0 Å². The van der Waals surface area contributed by atoms with Crippen molar-refractivity contribution >= 4 is 39.9 Å². The van der Waals surface area contributed by atoms with E-state index in [4.69, 9.17) is 5.73 Å². The van der Waals surface area contributed by atoms with Gasteiger partial charge in [-0.25, -0.2) is 4.79 Å². The van der Waals surface area contributed by atoms with Crippen molar-refractivity contribution in [1.82, 2.24) is 15.2 Å². The molecule has 2 aromatic rings. The number of ether oxygens (including phenoxy) is 1. The number of hydrogen-bond donors (Lipinski definition) is 3. The van der Waals surface area contributed by atoms with E-state index in [0.29, 0.717) is 12.1 Å². The predicted octanol–water partition coefficient (Wildman–Crippen LogP) is 2.58. The van der Waals surface area contributed by atoms with Crippen molar-refractivity contribution in [3.05, 3.63) is 52.3 Å². The van der Waals surface area contributed by atoms with E-state index in [1.165, 1.54) is 0 Å². The summed E-state index contributed by atoms with van der Waals surface area (Å²) in [6.07, 6.45) is 1.98. The van der Waals surface area contributed by atoms with Gasteiger partial charge in [0.05, 0.1) is 0 Å². The van der Waals surface area contributed by atoms with Crippen LogP contribution >= 0.6 is 15.9 Å². The number of urea groups is 1. The van der Waals surface area contributed by atoms with Crippen LogP contribution < -0.4 is 11.1 Å². The maximum Gasteiger partial charge on any atom is 0.329 e. The number of carbonyl (C=O) groups is 3. The Labute approximate surface area is 169 Å². The van der Waals surface area contributed by atoms with Crippen LogP contribution in [0.5, 0.6) is 0 Å². The van der Waals surface area contributed by atoms with Crippen LogP contribution in [0.4, 0.5) is 4.79 Å². The van der Waals surface area contributed by atoms with Gasteiger partial charge in [-0.15, -0.1) is 0 Å². The molecule has 1 saturated heterocycles. The lowest BCUT2D eigenvalue weighted by Crippen LogP contribution is -2.32. The molecule has 146 valence electrons. The first-order chi connectivity index (χ1) is 13.5. The molecule has 0 spiro atoms. The molecule has 3 amide bonds. The third-order valence-electron chi connectivity index (χ3n) is 4.13. The van der Waals surface area contributed by atoms with E-state index in [2.05, 4.69) is 31.0 Å². The minimum absolute atomic E-state index is 0.0838. The van der Waals surface area contributed by atoms with Crippen molar-refractivity contribution < 1.29 is 19.1 Å². The highest BCUT2D eigenvalue weighted by Crippen LogP contribution is 2.22. The molecule has 0 radical (unpaired) electrons. The van der Waals surface area contributed by atoms with Crippen molar-refractivity contribution in [2.24, 2.45) is 5.73 Å². The van der Waals surface area contributed by atoms with Crippen LogP contribution in [-0.4, -0.2) is 41.1 Å². The number of hydrogen-bond acceptors (Lipinski definition) is 5. The van der Waals surface area contributed by atoms with E-state index in [1.807, 2.05) is 36.4 Å². The van der Waals surface area contributed by atoms with Gasteiger partial charge in [-0.05, 0) is 42.3 Å². The summed E-state index contributed by atoms with van der Waals surface area (Å²) in [5.74, 6) is -0.894. The average molecular weight is 447 g/mol. The first-order valence-corrected chi connectivity index (χ1v) is 9.42. The van der Waals surface area contributed by atoms with Crippen LogP contribution in [0.15, 0.2) is 46.6 Å². The van der Waals surface area contributed by atoms with Crippen molar-refractivity contribution in [2.75, 3.05) is 13.3 Å². The Hall–Kier alpha value is -2.91. The molecule has 2 heterocycles. The Bertz CT molecular complexity index is 920. The zero-order valence-electron chi connectivity index (χ0n) is 14.9. The molecule has 1 aromatic carbocycles. The molecule has 28 heavy (non-hydrogen) atoms. The summed E-state index contributed by atoms with van der Waals surface area (Å²) >= 11 is 3.40. The van der Waals surface area contributed by atoms with Crippen molar-refractivity contribution in [1.29, 1.82) is 0 Å². The van der Waals surface area contributed by atoms with Crippen LogP contribution in [0.2, 0.25) is 0 Å². The Balaban J connectivity index is 1.65. The van der Waals surface area contributed by atoms with E-state index in [-0.39, 0.29) is 25.4 Å². The number of imide groups is 1. The molecular formula is C19H19BrN4O4. The van der Waals surface area contributed by atoms with Gasteiger partial charge in [0.1, 0.15) is 12.4 Å². The molecule has 1 aliphatic rings. The summed E-state index contributed by atoms with van der Waals surface area (Å²) in [6, 6.07) is 11.0. The van der Waals surface area contributed by atoms with E-state index in [9.17, 15) is 14.4 Å². The summed E-state index contributed by atoms with van der Waals surface area (Å²) in [5, 5.41) is 2.56. The fraction of sp³-hybridized carbons (Fsp3) is 0.211. The number of nitrogens with zero attached hydrogens (tertiary/aromatic N) is 1. The van der Waals surface area contributed by atoms with Gasteiger partial charge in [0.2, 0.25) is 0 Å². The largest absolute Gasteiger partial charge is 0.450 e. The summed E-state index contributed by atoms with van der Waals surface area (Å²) < 4.78 is 5.61. The van der Waals surface area contributed by atoms with Crippen LogP contribution in [0, 0.1) is 0 Å². The highest BCUT2D eigenvalue weighted by atomic mass is 79.9. The predicted molar refractivity (Wildman–Crippen MR) is 107 cm³/mol. The Morgan fingerprint density at radius 1 is 1.18 bits per heavy atom. The maximum absolute atomic E-state index is 12.5. The van der Waals surface area contributed by atoms with Gasteiger partial charge in [0, 0.05) is 28.8 Å². The minimum Gasteiger partial charge on any atom is -0.450 e. The topological polar surface area (TPSA) is 118 Å². The quantitative estimate of drug-likeness (QED) is 0.261. The zero-order valence-corrected chi connectivity index (χ0v) is 16.5. The number of aromatic amines is 1. The molecule has 8 nitrogen and oxygen atoms in total. The second kappa shape index (κ2) is 8.85. The fourth-order valence-corrected chi connectivity index (χ4v) is 3.04. The minimum atomic E-state index is -0.511. The first kappa shape index (κ1) is 19.8. The fourth-order valence-electron chi connectivity index (χ4n) is 2.77. The second-order valence-corrected chi connectivity index (χ2v) is 6.98. The average Bonchev–Trinajstić information content (AvgIpc) is 3.23. The molecule has 0 unspecified atom stereocenters. The van der Waals surface area contributed by atoms with Gasteiger partial charge in [0.25, 0.3) is 5.91 Å². The zero-order chi connectivity index (χ0) is 20.1. The first-order valence-electron chi connectivity index (χ1n) is 8.63. The molecule has 1 aliphatic heterocycles. The molecule has 3 rings (SSSR count). The maximum atomic E-state index is 12.5. The number of benzene rings is 1. The lowest BCUT2D eigenvalue weighted by Gasteiger charge is -2.10. The molecule has 0 aliphatic carbocycles. The van der Waals surface area contributed by atoms with E-state index >= 15 is 0 Å². The lowest BCUT2D eigenvalue weighted by molar-refractivity contribution is -0.143. The number of H-pyrrole nitrogens is 1. The Morgan fingerprint density at radius 3 is 2.64 bits per heavy atom. The molecule has 0 bridgehead atoms. The molecular weight excluding hydrogens is 428 g/mol. The summed E-state index contributed by atoms with van der Waals surface area (Å²) in [7, 11) is 0. The van der Waals surface area contributed by atoms with Crippen LogP contribution in [0.3, 0.4) is 0 Å². The molecule has 0 atom stereocenters. The highest BCUT2D eigenvalue weighted by Gasteiger charge is 2.33. The van der Waals surface area contributed by atoms with Crippen molar-refractivity contribution in [3.63, 3.8) is 0 Å². The summed E-state index contributed by atoms with van der Waals surface area (Å²) in [5.41, 5.74) is 7.88. The molecule has 4 N–H and O–H groups in total. The Kier molecular flexibility index (Phi) is 6.27. The SMILES string of the molecule is NCOC(=O)CCCN1C(=O)NC(=Cc2ccc(-c3ccc(Br)cc3)[nH]2)C1=O. The second-order valence-electron chi connectivity index (χ2n) is 6.07. The highest BCUT2D eigenvalue weighted by molar-refractivity contribution is 9.10. The van der Waals surface area contributed by atoms with Crippen molar-refractivity contribution in [2.45, 2.75) is 12.8 Å². The number of carbonyl (C=O) groups excluding carboxylic acids is 3. The van der Waals surface area contributed by atoms with Gasteiger partial charge in [-0.2, -0.15) is 0 Å². The summed E-state index contributed by atoms with van der Waals surface area (Å²) in [6.45, 7) is -0.0657. The number of aromatic nitrogens is 1. The third kappa shape index (κ3) is 4.68. The number of halogens is 1. The van der Waals surface area contributed by atoms with Crippen LogP contribution in [0.25, 0.3) is 17.3 Å².